The minimum atomic E-state index is -0.220. The van der Waals surface area contributed by atoms with Gasteiger partial charge in [-0.15, -0.1) is 0 Å². The van der Waals surface area contributed by atoms with Crippen molar-refractivity contribution in [1.29, 1.82) is 0 Å². The van der Waals surface area contributed by atoms with Gasteiger partial charge in [-0.2, -0.15) is 0 Å². The predicted molar refractivity (Wildman–Crippen MR) is 94.0 cm³/mol. The summed E-state index contributed by atoms with van der Waals surface area (Å²) < 4.78 is 23.7. The molecule has 24 heavy (non-hydrogen) atoms. The maximum absolute atomic E-state index is 13.4. The number of guanidine groups is 1. The van der Waals surface area contributed by atoms with Crippen molar-refractivity contribution in [3.63, 3.8) is 0 Å². The van der Waals surface area contributed by atoms with E-state index in [0.29, 0.717) is 32.9 Å². The van der Waals surface area contributed by atoms with Crippen LogP contribution in [-0.2, 0) is 15.9 Å². The monoisotopic (exact) mass is 336 g/mol. The zero-order valence-corrected chi connectivity index (χ0v) is 14.2. The molecule has 0 aliphatic rings. The van der Waals surface area contributed by atoms with Gasteiger partial charge in [-0.25, -0.2) is 4.39 Å². The average Bonchev–Trinajstić information content (AvgIpc) is 2.98. The fourth-order valence-electron chi connectivity index (χ4n) is 2.38. The van der Waals surface area contributed by atoms with Crippen LogP contribution in [0.5, 0.6) is 0 Å². The van der Waals surface area contributed by atoms with E-state index in [0.717, 1.165) is 28.8 Å². The molecule has 0 saturated heterocycles. The van der Waals surface area contributed by atoms with E-state index in [1.54, 1.807) is 26.3 Å². The number of aromatic amines is 1. The number of nitrogens with one attached hydrogen (secondary N) is 3. The molecule has 132 valence electrons. The fraction of sp³-hybridized carbons (Fsp3) is 0.471. The average molecular weight is 336 g/mol. The Morgan fingerprint density at radius 2 is 2.04 bits per heavy atom. The largest absolute Gasteiger partial charge is 0.382 e. The Morgan fingerprint density at radius 1 is 1.21 bits per heavy atom. The van der Waals surface area contributed by atoms with Crippen LogP contribution in [0.3, 0.4) is 0 Å². The van der Waals surface area contributed by atoms with E-state index >= 15 is 0 Å². The minimum absolute atomic E-state index is 0.220. The van der Waals surface area contributed by atoms with Gasteiger partial charge in [-0.1, -0.05) is 0 Å². The number of hydrogen-bond donors (Lipinski definition) is 3. The third-order valence-corrected chi connectivity index (χ3v) is 3.61. The number of fused-ring (bicyclic) bond motifs is 1. The third-order valence-electron chi connectivity index (χ3n) is 3.61. The summed E-state index contributed by atoms with van der Waals surface area (Å²) in [4.78, 5) is 7.32. The van der Waals surface area contributed by atoms with Gasteiger partial charge in [-0.3, -0.25) is 4.99 Å². The zero-order chi connectivity index (χ0) is 17.2. The molecule has 2 rings (SSSR count). The molecule has 0 bridgehead atoms. The highest BCUT2D eigenvalue weighted by Gasteiger charge is 2.05. The summed E-state index contributed by atoms with van der Waals surface area (Å²) in [6, 6.07) is 4.78. The summed E-state index contributed by atoms with van der Waals surface area (Å²) in [5, 5.41) is 7.34. The van der Waals surface area contributed by atoms with Crippen molar-refractivity contribution in [2.24, 2.45) is 4.99 Å². The van der Waals surface area contributed by atoms with Crippen molar-refractivity contribution >= 4 is 16.9 Å². The van der Waals surface area contributed by atoms with Gasteiger partial charge in [-0.05, 0) is 30.2 Å². The highest BCUT2D eigenvalue weighted by atomic mass is 19.1. The van der Waals surface area contributed by atoms with E-state index in [-0.39, 0.29) is 5.82 Å². The Balaban J connectivity index is 1.72. The Morgan fingerprint density at radius 3 is 2.83 bits per heavy atom. The molecule has 0 aliphatic carbocycles. The molecule has 1 aromatic heterocycles. The van der Waals surface area contributed by atoms with Crippen molar-refractivity contribution < 1.29 is 13.9 Å². The first kappa shape index (κ1) is 18.2. The molecule has 6 nitrogen and oxygen atoms in total. The Bertz CT molecular complexity index is 657. The molecule has 2 aromatic rings. The normalized spacial score (nSPS) is 11.9. The molecule has 0 fully saturated rings. The summed E-state index contributed by atoms with van der Waals surface area (Å²) in [7, 11) is 3.37. The molecular weight excluding hydrogens is 311 g/mol. The van der Waals surface area contributed by atoms with Crippen LogP contribution in [0, 0.1) is 5.82 Å². The highest BCUT2D eigenvalue weighted by Crippen LogP contribution is 2.19. The number of halogens is 1. The van der Waals surface area contributed by atoms with Gasteiger partial charge in [0.05, 0.1) is 19.8 Å². The topological polar surface area (TPSA) is 70.7 Å². The molecule has 0 radical (unpaired) electrons. The van der Waals surface area contributed by atoms with E-state index in [4.69, 9.17) is 9.47 Å². The van der Waals surface area contributed by atoms with Gasteiger partial charge in [0, 0.05) is 44.3 Å². The first-order chi connectivity index (χ1) is 11.7. The maximum Gasteiger partial charge on any atom is 0.191 e. The number of benzene rings is 1. The van der Waals surface area contributed by atoms with Crippen molar-refractivity contribution in [3.8, 4) is 0 Å². The molecule has 1 aromatic carbocycles. The third kappa shape index (κ3) is 5.50. The van der Waals surface area contributed by atoms with Crippen LogP contribution in [0.1, 0.15) is 5.56 Å². The summed E-state index contributed by atoms with van der Waals surface area (Å²) in [6.07, 6.45) is 2.69. The van der Waals surface area contributed by atoms with Gasteiger partial charge in [0.1, 0.15) is 5.82 Å². The second kappa shape index (κ2) is 9.89. The number of aromatic nitrogens is 1. The number of hydrogen-bond acceptors (Lipinski definition) is 3. The predicted octanol–water partition coefficient (Wildman–Crippen LogP) is 1.68. The van der Waals surface area contributed by atoms with Crippen molar-refractivity contribution in [1.82, 2.24) is 15.6 Å². The Hall–Kier alpha value is -2.12. The van der Waals surface area contributed by atoms with Crippen LogP contribution >= 0.6 is 0 Å². The number of rotatable bonds is 9. The lowest BCUT2D eigenvalue weighted by Gasteiger charge is -2.12. The van der Waals surface area contributed by atoms with Gasteiger partial charge < -0.3 is 25.1 Å². The molecule has 0 amide bonds. The molecule has 0 atom stereocenters. The van der Waals surface area contributed by atoms with Crippen molar-refractivity contribution in [2.75, 3.05) is 47.1 Å². The van der Waals surface area contributed by atoms with E-state index < -0.39 is 0 Å². The van der Waals surface area contributed by atoms with Gasteiger partial charge in [0.25, 0.3) is 0 Å². The number of aliphatic imine (C=N–C) groups is 1. The molecule has 1 heterocycles. The number of H-pyrrole nitrogens is 1. The molecular formula is C17H25FN4O2. The lowest BCUT2D eigenvalue weighted by molar-refractivity contribution is 0.0733. The Labute approximate surface area is 141 Å². The molecule has 0 saturated carbocycles. The molecule has 3 N–H and O–H groups in total. The van der Waals surface area contributed by atoms with Gasteiger partial charge in [0.15, 0.2) is 5.96 Å². The fourth-order valence-corrected chi connectivity index (χ4v) is 2.38. The van der Waals surface area contributed by atoms with Crippen LogP contribution in [0.2, 0.25) is 0 Å². The smallest absolute Gasteiger partial charge is 0.191 e. The highest BCUT2D eigenvalue weighted by molar-refractivity contribution is 5.83. The van der Waals surface area contributed by atoms with Gasteiger partial charge in [0.2, 0.25) is 0 Å². The van der Waals surface area contributed by atoms with Crippen LogP contribution in [0.15, 0.2) is 29.4 Å². The van der Waals surface area contributed by atoms with Crippen LogP contribution < -0.4 is 10.6 Å². The van der Waals surface area contributed by atoms with E-state index in [2.05, 4.69) is 20.6 Å². The molecule has 0 spiro atoms. The Kier molecular flexibility index (Phi) is 7.51. The first-order valence-electron chi connectivity index (χ1n) is 8.01. The first-order valence-corrected chi connectivity index (χ1v) is 8.01. The second-order valence-corrected chi connectivity index (χ2v) is 5.28. The van der Waals surface area contributed by atoms with E-state index in [9.17, 15) is 4.39 Å². The van der Waals surface area contributed by atoms with E-state index in [1.165, 1.54) is 6.07 Å². The lowest BCUT2D eigenvalue weighted by Crippen LogP contribution is -2.39. The summed E-state index contributed by atoms with van der Waals surface area (Å²) in [5.74, 6) is 0.499. The second-order valence-electron chi connectivity index (χ2n) is 5.28. The minimum Gasteiger partial charge on any atom is -0.382 e. The maximum atomic E-state index is 13.4. The SMILES string of the molecule is CN=C(NCCOCCOC)NCCc1c[nH]c2ccc(F)cc12. The molecule has 7 heteroatoms. The molecule has 0 unspecified atom stereocenters. The summed E-state index contributed by atoms with van der Waals surface area (Å²) in [5.41, 5.74) is 2.03. The van der Waals surface area contributed by atoms with Crippen LogP contribution in [-0.4, -0.2) is 58.0 Å². The van der Waals surface area contributed by atoms with Crippen molar-refractivity contribution in [2.45, 2.75) is 6.42 Å². The summed E-state index contributed by atoms with van der Waals surface area (Å²) >= 11 is 0. The standard InChI is InChI=1S/C17H25FN4O2/c1-19-17(21-7-8-24-10-9-23-2)20-6-5-13-12-22-16-4-3-14(18)11-15(13)16/h3-4,11-12,22H,5-10H2,1-2H3,(H2,19,20,21). The molecule has 0 aliphatic heterocycles. The zero-order valence-electron chi connectivity index (χ0n) is 14.2. The van der Waals surface area contributed by atoms with Gasteiger partial charge >= 0.3 is 0 Å². The lowest BCUT2D eigenvalue weighted by atomic mass is 10.1. The summed E-state index contributed by atoms with van der Waals surface area (Å²) in [6.45, 7) is 3.14. The quantitative estimate of drug-likeness (QED) is 0.370. The number of ether oxygens (including phenoxy) is 2. The number of methoxy groups -OCH3 is 1. The van der Waals surface area contributed by atoms with Crippen LogP contribution in [0.25, 0.3) is 10.9 Å². The number of nitrogens with zero attached hydrogens (tertiary/aromatic N) is 1. The van der Waals surface area contributed by atoms with E-state index in [1.807, 2.05) is 6.20 Å². The van der Waals surface area contributed by atoms with Crippen LogP contribution in [0.4, 0.5) is 4.39 Å². The van der Waals surface area contributed by atoms with Crippen molar-refractivity contribution in [3.05, 3.63) is 35.8 Å².